The quantitative estimate of drug-likeness (QED) is 0.657. The Balaban J connectivity index is 2.44. The van der Waals surface area contributed by atoms with E-state index in [0.717, 1.165) is 5.75 Å². The van der Waals surface area contributed by atoms with E-state index in [0.29, 0.717) is 16.8 Å². The third kappa shape index (κ3) is 2.98. The second-order valence-corrected chi connectivity index (χ2v) is 5.94. The molecule has 1 aliphatic rings. The summed E-state index contributed by atoms with van der Waals surface area (Å²) in [5.41, 5.74) is -0.187. The van der Waals surface area contributed by atoms with E-state index < -0.39 is 16.9 Å². The lowest BCUT2D eigenvalue weighted by Gasteiger charge is -2.33. The molecule has 2 rings (SSSR count). The minimum Gasteiger partial charge on any atom is -0.480 e. The molecule has 0 spiro atoms. The van der Waals surface area contributed by atoms with Gasteiger partial charge in [0.15, 0.2) is 0 Å². The highest BCUT2D eigenvalue weighted by molar-refractivity contribution is 9.10. The van der Waals surface area contributed by atoms with Gasteiger partial charge in [-0.25, -0.2) is 9.78 Å². The average molecular weight is 348 g/mol. The number of carboxylic acid groups (broad SMARTS) is 1. The predicted molar refractivity (Wildman–Crippen MR) is 74.7 cm³/mol. The number of anilines is 1. The Labute approximate surface area is 121 Å². The SMILES string of the molecule is O=C(O)C1CSCCN1c1ncc(Br)cc1[N+](=O)[O-]. The van der Waals surface area contributed by atoms with Gasteiger partial charge in [0, 0.05) is 34.8 Å². The number of hydrogen-bond acceptors (Lipinski definition) is 6. The zero-order valence-corrected chi connectivity index (χ0v) is 12.1. The Morgan fingerprint density at radius 3 is 3.05 bits per heavy atom. The summed E-state index contributed by atoms with van der Waals surface area (Å²) in [6.45, 7) is 0.428. The summed E-state index contributed by atoms with van der Waals surface area (Å²) in [5.74, 6) is 0.232. The maximum absolute atomic E-state index is 11.2. The van der Waals surface area contributed by atoms with E-state index in [9.17, 15) is 20.0 Å². The number of halogens is 1. The van der Waals surface area contributed by atoms with Gasteiger partial charge in [0.05, 0.1) is 4.92 Å². The van der Waals surface area contributed by atoms with Gasteiger partial charge in [-0.15, -0.1) is 0 Å². The van der Waals surface area contributed by atoms with E-state index >= 15 is 0 Å². The lowest BCUT2D eigenvalue weighted by atomic mass is 10.2. The Kier molecular flexibility index (Phi) is 4.25. The molecule has 7 nitrogen and oxygen atoms in total. The number of aromatic nitrogens is 1. The van der Waals surface area contributed by atoms with Crippen molar-refractivity contribution >= 4 is 45.2 Å². The molecule has 0 aliphatic carbocycles. The highest BCUT2D eigenvalue weighted by Crippen LogP contribution is 2.32. The van der Waals surface area contributed by atoms with Crippen LogP contribution in [0.15, 0.2) is 16.7 Å². The Hall–Kier alpha value is -1.35. The number of carbonyl (C=O) groups is 1. The van der Waals surface area contributed by atoms with Gasteiger partial charge in [0.1, 0.15) is 6.04 Å². The molecule has 0 bridgehead atoms. The fourth-order valence-corrected chi connectivity index (χ4v) is 3.20. The fourth-order valence-electron chi connectivity index (χ4n) is 1.84. The van der Waals surface area contributed by atoms with E-state index in [1.807, 2.05) is 0 Å². The molecular formula is C10H10BrN3O4S. The van der Waals surface area contributed by atoms with Crippen LogP contribution in [0.1, 0.15) is 0 Å². The first-order chi connectivity index (χ1) is 9.00. The summed E-state index contributed by atoms with van der Waals surface area (Å²) >= 11 is 4.64. The molecule has 0 aromatic carbocycles. The molecule has 1 aliphatic heterocycles. The van der Waals surface area contributed by atoms with Gasteiger partial charge in [-0.1, -0.05) is 0 Å². The van der Waals surface area contributed by atoms with Crippen LogP contribution in [0.5, 0.6) is 0 Å². The monoisotopic (exact) mass is 347 g/mol. The Morgan fingerprint density at radius 1 is 1.68 bits per heavy atom. The van der Waals surface area contributed by atoms with Gasteiger partial charge in [0.2, 0.25) is 5.82 Å². The van der Waals surface area contributed by atoms with Crippen molar-refractivity contribution in [2.75, 3.05) is 23.0 Å². The van der Waals surface area contributed by atoms with Gasteiger partial charge in [0.25, 0.3) is 0 Å². The van der Waals surface area contributed by atoms with Gasteiger partial charge in [-0.05, 0) is 15.9 Å². The smallest absolute Gasteiger partial charge is 0.327 e. The topological polar surface area (TPSA) is 96.6 Å². The van der Waals surface area contributed by atoms with Crippen molar-refractivity contribution in [2.24, 2.45) is 0 Å². The summed E-state index contributed by atoms with van der Waals surface area (Å²) < 4.78 is 0.487. The Bertz CT molecular complexity index is 527. The van der Waals surface area contributed by atoms with E-state index in [1.165, 1.54) is 28.9 Å². The first-order valence-electron chi connectivity index (χ1n) is 5.38. The third-order valence-corrected chi connectivity index (χ3v) is 4.15. The van der Waals surface area contributed by atoms with Gasteiger partial charge in [-0.2, -0.15) is 11.8 Å². The van der Waals surface area contributed by atoms with Crippen molar-refractivity contribution in [2.45, 2.75) is 6.04 Å². The predicted octanol–water partition coefficient (Wildman–Crippen LogP) is 1.76. The van der Waals surface area contributed by atoms with Crippen LogP contribution in [0.4, 0.5) is 11.5 Å². The summed E-state index contributed by atoms with van der Waals surface area (Å²) in [6.07, 6.45) is 1.43. The van der Waals surface area contributed by atoms with Crippen molar-refractivity contribution < 1.29 is 14.8 Å². The molecule has 9 heteroatoms. The van der Waals surface area contributed by atoms with E-state index in [-0.39, 0.29) is 11.5 Å². The van der Waals surface area contributed by atoms with Crippen LogP contribution in [-0.4, -0.2) is 45.1 Å². The maximum atomic E-state index is 11.2. The molecule has 1 aromatic heterocycles. The maximum Gasteiger partial charge on any atom is 0.327 e. The van der Waals surface area contributed by atoms with Crippen LogP contribution in [-0.2, 0) is 4.79 Å². The number of thioether (sulfide) groups is 1. The number of nitro groups is 1. The number of pyridine rings is 1. The van der Waals surface area contributed by atoms with Crippen LogP contribution in [0.2, 0.25) is 0 Å². The molecule has 0 radical (unpaired) electrons. The van der Waals surface area contributed by atoms with Crippen molar-refractivity contribution in [1.82, 2.24) is 4.98 Å². The van der Waals surface area contributed by atoms with Crippen LogP contribution in [0.3, 0.4) is 0 Å². The van der Waals surface area contributed by atoms with Gasteiger partial charge in [-0.3, -0.25) is 10.1 Å². The molecule has 0 saturated carbocycles. The zero-order valence-electron chi connectivity index (χ0n) is 9.65. The molecular weight excluding hydrogens is 338 g/mol. The third-order valence-electron chi connectivity index (χ3n) is 2.70. The second-order valence-electron chi connectivity index (χ2n) is 3.88. The number of hydrogen-bond donors (Lipinski definition) is 1. The first-order valence-corrected chi connectivity index (χ1v) is 7.32. The van der Waals surface area contributed by atoms with Gasteiger partial charge >= 0.3 is 11.7 Å². The highest BCUT2D eigenvalue weighted by atomic mass is 79.9. The number of aliphatic carboxylic acids is 1. The van der Waals surface area contributed by atoms with E-state index in [1.54, 1.807) is 0 Å². The lowest BCUT2D eigenvalue weighted by Crippen LogP contribution is -2.48. The van der Waals surface area contributed by atoms with Crippen molar-refractivity contribution in [1.29, 1.82) is 0 Å². The van der Waals surface area contributed by atoms with E-state index in [2.05, 4.69) is 20.9 Å². The molecule has 19 heavy (non-hydrogen) atoms. The summed E-state index contributed by atoms with van der Waals surface area (Å²) in [6, 6.07) is 0.550. The highest BCUT2D eigenvalue weighted by Gasteiger charge is 2.34. The summed E-state index contributed by atoms with van der Waals surface area (Å²) in [7, 11) is 0. The number of nitrogens with zero attached hydrogens (tertiary/aromatic N) is 3. The van der Waals surface area contributed by atoms with Crippen LogP contribution < -0.4 is 4.90 Å². The molecule has 1 N–H and O–H groups in total. The number of rotatable bonds is 3. The fraction of sp³-hybridized carbons (Fsp3) is 0.400. The zero-order chi connectivity index (χ0) is 14.0. The van der Waals surface area contributed by atoms with Crippen LogP contribution in [0.25, 0.3) is 0 Å². The molecule has 0 amide bonds. The minimum atomic E-state index is -0.994. The lowest BCUT2D eigenvalue weighted by molar-refractivity contribution is -0.384. The van der Waals surface area contributed by atoms with Crippen molar-refractivity contribution in [3.8, 4) is 0 Å². The van der Waals surface area contributed by atoms with Crippen molar-refractivity contribution in [3.05, 3.63) is 26.9 Å². The van der Waals surface area contributed by atoms with E-state index in [4.69, 9.17) is 0 Å². The van der Waals surface area contributed by atoms with Crippen LogP contribution >= 0.6 is 27.7 Å². The first kappa shape index (κ1) is 14.1. The average Bonchev–Trinajstić information content (AvgIpc) is 2.38. The summed E-state index contributed by atoms with van der Waals surface area (Å²) in [4.78, 5) is 27.2. The molecule has 102 valence electrons. The molecule has 1 unspecified atom stereocenters. The molecule has 1 aromatic rings. The normalized spacial score (nSPS) is 19.2. The van der Waals surface area contributed by atoms with Crippen LogP contribution in [0, 0.1) is 10.1 Å². The molecule has 1 fully saturated rings. The minimum absolute atomic E-state index is 0.112. The van der Waals surface area contributed by atoms with Gasteiger partial charge < -0.3 is 10.0 Å². The molecule has 2 heterocycles. The molecule has 1 saturated heterocycles. The standard InChI is InChI=1S/C10H10BrN3O4S/c11-6-3-7(14(17)18)9(12-4-6)13-1-2-19-5-8(13)10(15)16/h3-4,8H,1-2,5H2,(H,15,16). The molecule has 1 atom stereocenters. The largest absolute Gasteiger partial charge is 0.480 e. The number of carboxylic acids is 1. The Morgan fingerprint density at radius 2 is 2.42 bits per heavy atom. The summed E-state index contributed by atoms with van der Waals surface area (Å²) in [5, 5.41) is 20.3. The second kappa shape index (κ2) is 5.74. The van der Waals surface area contributed by atoms with Crippen molar-refractivity contribution in [3.63, 3.8) is 0 Å².